The highest BCUT2D eigenvalue weighted by Crippen LogP contribution is 2.31. The molecule has 8 heteroatoms. The number of nitrogens with zero attached hydrogens (tertiary/aromatic N) is 2. The van der Waals surface area contributed by atoms with Crippen molar-refractivity contribution in [1.29, 1.82) is 0 Å². The van der Waals surface area contributed by atoms with Crippen LogP contribution in [0, 0.1) is 0 Å². The number of rotatable bonds is 3. The summed E-state index contributed by atoms with van der Waals surface area (Å²) >= 11 is 6.26. The van der Waals surface area contributed by atoms with E-state index in [9.17, 15) is 13.2 Å². The van der Waals surface area contributed by atoms with Crippen molar-refractivity contribution in [3.8, 4) is 0 Å². The van der Waals surface area contributed by atoms with Crippen LogP contribution >= 0.6 is 11.6 Å². The molecule has 1 fully saturated rings. The van der Waals surface area contributed by atoms with Gasteiger partial charge in [-0.2, -0.15) is 0 Å². The number of sulfone groups is 1. The minimum Gasteiger partial charge on any atom is -0.465 e. The Morgan fingerprint density at radius 2 is 1.60 bits per heavy atom. The molecule has 2 aromatic carbocycles. The van der Waals surface area contributed by atoms with Crippen LogP contribution in [0.25, 0.3) is 0 Å². The van der Waals surface area contributed by atoms with Crippen LogP contribution in [0.2, 0.25) is 5.02 Å². The van der Waals surface area contributed by atoms with E-state index >= 15 is 0 Å². The van der Waals surface area contributed by atoms with Gasteiger partial charge in [-0.25, -0.2) is 13.2 Å². The number of anilines is 1. The predicted octanol–water partition coefficient (Wildman–Crippen LogP) is 2.97. The standard InChI is InChI=1S/C17H17ClN2O4S/c18-15-7-6-14(25(23,24)13-4-2-1-3-5-13)12-16(15)19-8-10-20(11-9-19)17(21)22/h1-7,12H,8-11H2,(H,21,22). The van der Waals surface area contributed by atoms with E-state index in [2.05, 4.69) is 0 Å². The number of hydrogen-bond acceptors (Lipinski definition) is 4. The lowest BCUT2D eigenvalue weighted by molar-refractivity contribution is 0.142. The summed E-state index contributed by atoms with van der Waals surface area (Å²) in [4.78, 5) is 14.6. The number of carbonyl (C=O) groups is 1. The molecule has 6 nitrogen and oxygen atoms in total. The summed E-state index contributed by atoms with van der Waals surface area (Å²) < 4.78 is 25.5. The molecule has 1 amide bonds. The Morgan fingerprint density at radius 1 is 0.960 bits per heavy atom. The maximum atomic E-state index is 12.8. The summed E-state index contributed by atoms with van der Waals surface area (Å²) in [6, 6.07) is 12.8. The quantitative estimate of drug-likeness (QED) is 0.885. The van der Waals surface area contributed by atoms with Crippen molar-refractivity contribution in [2.45, 2.75) is 9.79 Å². The van der Waals surface area contributed by atoms with Gasteiger partial charge in [-0.15, -0.1) is 0 Å². The van der Waals surface area contributed by atoms with Gasteiger partial charge in [-0.1, -0.05) is 29.8 Å². The molecule has 0 unspecified atom stereocenters. The molecule has 0 aliphatic carbocycles. The maximum absolute atomic E-state index is 12.8. The van der Waals surface area contributed by atoms with E-state index < -0.39 is 15.9 Å². The molecule has 1 N–H and O–H groups in total. The Kier molecular flexibility index (Phi) is 4.87. The Hall–Kier alpha value is -2.25. The fourth-order valence-electron chi connectivity index (χ4n) is 2.78. The van der Waals surface area contributed by atoms with E-state index in [4.69, 9.17) is 16.7 Å². The molecule has 1 heterocycles. The summed E-state index contributed by atoms with van der Waals surface area (Å²) in [6.07, 6.45) is -0.953. The van der Waals surface area contributed by atoms with Gasteiger partial charge in [0, 0.05) is 26.2 Å². The van der Waals surface area contributed by atoms with E-state index in [0.717, 1.165) is 0 Å². The number of carboxylic acid groups (broad SMARTS) is 1. The number of halogens is 1. The molecule has 0 aromatic heterocycles. The number of amides is 1. The minimum atomic E-state index is -3.63. The molecule has 0 bridgehead atoms. The summed E-state index contributed by atoms with van der Waals surface area (Å²) in [6.45, 7) is 1.62. The van der Waals surface area contributed by atoms with Gasteiger partial charge in [0.25, 0.3) is 0 Å². The molecule has 0 atom stereocenters. The van der Waals surface area contributed by atoms with Crippen LogP contribution in [0.15, 0.2) is 58.3 Å². The lowest BCUT2D eigenvalue weighted by Gasteiger charge is -2.35. The molecule has 1 saturated heterocycles. The third-order valence-corrected chi connectivity index (χ3v) is 6.26. The lowest BCUT2D eigenvalue weighted by atomic mass is 10.2. The largest absolute Gasteiger partial charge is 0.465 e. The molecule has 0 spiro atoms. The van der Waals surface area contributed by atoms with E-state index in [1.807, 2.05) is 4.90 Å². The van der Waals surface area contributed by atoms with Gasteiger partial charge in [0.2, 0.25) is 9.84 Å². The SMILES string of the molecule is O=C(O)N1CCN(c2cc(S(=O)(=O)c3ccccc3)ccc2Cl)CC1. The smallest absolute Gasteiger partial charge is 0.407 e. The third-order valence-electron chi connectivity index (χ3n) is 4.17. The van der Waals surface area contributed by atoms with Gasteiger partial charge in [0.15, 0.2) is 0 Å². The zero-order valence-corrected chi connectivity index (χ0v) is 14.9. The van der Waals surface area contributed by atoms with Crippen molar-refractivity contribution in [3.05, 3.63) is 53.6 Å². The van der Waals surface area contributed by atoms with Gasteiger partial charge >= 0.3 is 6.09 Å². The van der Waals surface area contributed by atoms with Crippen LogP contribution in [-0.2, 0) is 9.84 Å². The van der Waals surface area contributed by atoms with Crippen LogP contribution in [0.5, 0.6) is 0 Å². The first-order chi connectivity index (χ1) is 11.9. The molecule has 3 rings (SSSR count). The Labute approximate surface area is 151 Å². The number of piperazine rings is 1. The first kappa shape index (κ1) is 17.6. The lowest BCUT2D eigenvalue weighted by Crippen LogP contribution is -2.48. The van der Waals surface area contributed by atoms with Crippen LogP contribution in [0.3, 0.4) is 0 Å². The summed E-state index contributed by atoms with van der Waals surface area (Å²) in [7, 11) is -3.63. The Bertz CT molecular complexity index is 879. The second-order valence-electron chi connectivity index (χ2n) is 5.69. The topological polar surface area (TPSA) is 77.9 Å². The van der Waals surface area contributed by atoms with Gasteiger partial charge in [0.1, 0.15) is 0 Å². The van der Waals surface area contributed by atoms with E-state index in [-0.39, 0.29) is 9.79 Å². The average Bonchev–Trinajstić information content (AvgIpc) is 2.63. The Morgan fingerprint density at radius 3 is 2.20 bits per heavy atom. The molecule has 0 radical (unpaired) electrons. The number of hydrogen-bond donors (Lipinski definition) is 1. The van der Waals surface area contributed by atoms with Crippen molar-refractivity contribution < 1.29 is 18.3 Å². The van der Waals surface area contributed by atoms with Gasteiger partial charge in [-0.05, 0) is 30.3 Å². The third kappa shape index (κ3) is 3.57. The fourth-order valence-corrected chi connectivity index (χ4v) is 4.31. The van der Waals surface area contributed by atoms with Gasteiger partial charge in [0.05, 0.1) is 20.5 Å². The van der Waals surface area contributed by atoms with Crippen LogP contribution in [0.1, 0.15) is 0 Å². The van der Waals surface area contributed by atoms with E-state index in [1.54, 1.807) is 42.5 Å². The highest BCUT2D eigenvalue weighted by Gasteiger charge is 2.24. The zero-order chi connectivity index (χ0) is 18.0. The summed E-state index contributed by atoms with van der Waals surface area (Å²) in [5, 5.41) is 9.47. The molecular weight excluding hydrogens is 364 g/mol. The molecule has 0 saturated carbocycles. The van der Waals surface area contributed by atoms with E-state index in [1.165, 1.54) is 11.0 Å². The minimum absolute atomic E-state index is 0.166. The number of benzene rings is 2. The molecule has 1 aliphatic heterocycles. The van der Waals surface area contributed by atoms with E-state index in [0.29, 0.717) is 36.9 Å². The van der Waals surface area contributed by atoms with Crippen molar-refractivity contribution >= 4 is 33.2 Å². The first-order valence-corrected chi connectivity index (χ1v) is 9.58. The molecular formula is C17H17ClN2O4S. The fraction of sp³-hybridized carbons (Fsp3) is 0.235. The Balaban J connectivity index is 1.91. The molecule has 132 valence electrons. The molecule has 2 aromatic rings. The van der Waals surface area contributed by atoms with Crippen molar-refractivity contribution in [2.75, 3.05) is 31.1 Å². The van der Waals surface area contributed by atoms with Crippen LogP contribution < -0.4 is 4.90 Å². The molecule has 25 heavy (non-hydrogen) atoms. The van der Waals surface area contributed by atoms with Gasteiger partial charge < -0.3 is 14.9 Å². The second-order valence-corrected chi connectivity index (χ2v) is 8.04. The zero-order valence-electron chi connectivity index (χ0n) is 13.3. The maximum Gasteiger partial charge on any atom is 0.407 e. The van der Waals surface area contributed by atoms with Crippen molar-refractivity contribution in [1.82, 2.24) is 4.90 Å². The molecule has 1 aliphatic rings. The normalized spacial score (nSPS) is 15.2. The highest BCUT2D eigenvalue weighted by atomic mass is 35.5. The first-order valence-electron chi connectivity index (χ1n) is 7.72. The summed E-state index contributed by atoms with van der Waals surface area (Å²) in [5.41, 5.74) is 0.601. The van der Waals surface area contributed by atoms with Crippen molar-refractivity contribution in [2.24, 2.45) is 0 Å². The van der Waals surface area contributed by atoms with Crippen LogP contribution in [-0.4, -0.2) is 50.7 Å². The van der Waals surface area contributed by atoms with Crippen molar-refractivity contribution in [3.63, 3.8) is 0 Å². The van der Waals surface area contributed by atoms with Crippen LogP contribution in [0.4, 0.5) is 10.5 Å². The van der Waals surface area contributed by atoms with Gasteiger partial charge in [-0.3, -0.25) is 0 Å². The predicted molar refractivity (Wildman–Crippen MR) is 95.2 cm³/mol. The monoisotopic (exact) mass is 380 g/mol. The summed E-state index contributed by atoms with van der Waals surface area (Å²) in [5.74, 6) is 0. The average molecular weight is 381 g/mol. The second kappa shape index (κ2) is 6.93. The highest BCUT2D eigenvalue weighted by molar-refractivity contribution is 7.91.